The Balaban J connectivity index is 1.22. The fraction of sp³-hybridized carbons (Fsp3) is 0.440. The molecule has 0 bridgehead atoms. The molecule has 0 aromatic heterocycles. The van der Waals surface area contributed by atoms with Gasteiger partial charge in [0.2, 0.25) is 5.91 Å². The molecule has 2 amide bonds. The number of amides is 2. The zero-order valence-electron chi connectivity index (χ0n) is 16.9. The molecule has 3 aliphatic rings. The number of nitrogens with one attached hydrogen (secondary N) is 1. The van der Waals surface area contributed by atoms with Gasteiger partial charge in [0.1, 0.15) is 0 Å². The van der Waals surface area contributed by atoms with Gasteiger partial charge in [-0.2, -0.15) is 0 Å². The molecule has 1 N–H and O–H groups in total. The second-order valence-corrected chi connectivity index (χ2v) is 8.92. The summed E-state index contributed by atoms with van der Waals surface area (Å²) in [6, 6.07) is 16.6. The number of piperidine rings is 1. The molecule has 4 nitrogen and oxygen atoms in total. The Bertz CT molecular complexity index is 936. The average Bonchev–Trinajstić information content (AvgIpc) is 3.47. The third kappa shape index (κ3) is 3.45. The van der Waals surface area contributed by atoms with Crippen molar-refractivity contribution in [2.24, 2.45) is 11.8 Å². The Kier molecular flexibility index (Phi) is 4.65. The molecule has 1 saturated carbocycles. The molecule has 4 heteroatoms. The number of hydrogen-bond acceptors (Lipinski definition) is 2. The molecule has 0 spiro atoms. The van der Waals surface area contributed by atoms with Crippen LogP contribution in [-0.2, 0) is 11.2 Å². The summed E-state index contributed by atoms with van der Waals surface area (Å²) in [5.41, 5.74) is 4.72. The van der Waals surface area contributed by atoms with Gasteiger partial charge in [-0.1, -0.05) is 42.0 Å². The zero-order chi connectivity index (χ0) is 20.0. The van der Waals surface area contributed by atoms with Gasteiger partial charge in [0.15, 0.2) is 0 Å². The van der Waals surface area contributed by atoms with E-state index in [0.29, 0.717) is 23.9 Å². The second-order valence-electron chi connectivity index (χ2n) is 8.92. The van der Waals surface area contributed by atoms with E-state index in [2.05, 4.69) is 29.6 Å². The molecular formula is C25H28N2O2. The summed E-state index contributed by atoms with van der Waals surface area (Å²) in [4.78, 5) is 27.7. The number of hydrogen-bond donors (Lipinski definition) is 1. The molecule has 2 aromatic carbocycles. The van der Waals surface area contributed by atoms with E-state index in [1.807, 2.05) is 36.1 Å². The topological polar surface area (TPSA) is 49.4 Å². The highest BCUT2D eigenvalue weighted by Gasteiger charge is 2.54. The number of carbonyl (C=O) groups excluding carboxylic acids is 2. The van der Waals surface area contributed by atoms with Crippen LogP contribution in [0.25, 0.3) is 0 Å². The summed E-state index contributed by atoms with van der Waals surface area (Å²) in [6.07, 6.45) is 4.03. The van der Waals surface area contributed by atoms with Crippen LogP contribution >= 0.6 is 0 Å². The third-order valence-electron chi connectivity index (χ3n) is 7.02. The normalized spacial score (nSPS) is 27.6. The maximum atomic E-state index is 13.0. The van der Waals surface area contributed by atoms with Gasteiger partial charge in [-0.25, -0.2) is 0 Å². The van der Waals surface area contributed by atoms with E-state index in [0.717, 1.165) is 37.8 Å². The van der Waals surface area contributed by atoms with E-state index in [1.54, 1.807) is 0 Å². The van der Waals surface area contributed by atoms with Gasteiger partial charge in [0.05, 0.1) is 5.92 Å². The predicted molar refractivity (Wildman–Crippen MR) is 113 cm³/mol. The van der Waals surface area contributed by atoms with Gasteiger partial charge in [-0.3, -0.25) is 9.59 Å². The van der Waals surface area contributed by atoms with Crippen molar-refractivity contribution in [3.63, 3.8) is 0 Å². The number of fused-ring (bicyclic) bond motifs is 3. The second kappa shape index (κ2) is 7.33. The van der Waals surface area contributed by atoms with Crippen LogP contribution in [0.3, 0.4) is 0 Å². The number of aryl methyl sites for hydroxylation is 2. The lowest BCUT2D eigenvalue weighted by Gasteiger charge is -2.32. The number of nitrogens with zero attached hydrogens (tertiary/aromatic N) is 1. The summed E-state index contributed by atoms with van der Waals surface area (Å²) < 4.78 is 0. The smallest absolute Gasteiger partial charge is 0.253 e. The maximum Gasteiger partial charge on any atom is 0.253 e. The summed E-state index contributed by atoms with van der Waals surface area (Å²) in [6.45, 7) is 3.28. The minimum Gasteiger partial charge on any atom is -0.352 e. The van der Waals surface area contributed by atoms with E-state index < -0.39 is 0 Å². The lowest BCUT2D eigenvalue weighted by atomic mass is 9.92. The largest absolute Gasteiger partial charge is 0.352 e. The first-order valence-corrected chi connectivity index (χ1v) is 10.9. The Morgan fingerprint density at radius 1 is 1.03 bits per heavy atom. The number of rotatable bonds is 3. The number of benzene rings is 2. The predicted octanol–water partition coefficient (Wildman–Crippen LogP) is 3.69. The van der Waals surface area contributed by atoms with Crippen LogP contribution in [0.15, 0.2) is 48.5 Å². The fourth-order valence-corrected chi connectivity index (χ4v) is 5.30. The zero-order valence-corrected chi connectivity index (χ0v) is 16.9. The summed E-state index contributed by atoms with van der Waals surface area (Å²) in [7, 11) is 0. The maximum absolute atomic E-state index is 13.0. The number of likely N-dealkylation sites (tertiary alicyclic amines) is 1. The molecule has 1 heterocycles. The van der Waals surface area contributed by atoms with Gasteiger partial charge in [0.25, 0.3) is 5.91 Å². The van der Waals surface area contributed by atoms with Gasteiger partial charge in [-0.15, -0.1) is 0 Å². The van der Waals surface area contributed by atoms with Gasteiger partial charge in [-0.05, 0) is 61.8 Å². The van der Waals surface area contributed by atoms with Crippen LogP contribution in [0.1, 0.15) is 52.2 Å². The summed E-state index contributed by atoms with van der Waals surface area (Å²) in [5.74, 6) is 1.14. The lowest BCUT2D eigenvalue weighted by Crippen LogP contribution is -2.46. The van der Waals surface area contributed by atoms with Crippen LogP contribution in [0.5, 0.6) is 0 Å². The van der Waals surface area contributed by atoms with Crippen molar-refractivity contribution in [1.82, 2.24) is 10.2 Å². The monoisotopic (exact) mass is 388 g/mol. The standard InChI is InChI=1S/C25H28N2O2/c1-16-8-10-18(11-9-16)25(29)27-14-4-6-19(15-27)24(28)26-23-21-13-12-17-5-2-3-7-20(17)22(21)23/h2-3,5,7-11,19,21-23H,4,6,12-15H2,1H3,(H,26,28). The highest BCUT2D eigenvalue weighted by atomic mass is 16.2. The molecule has 2 aliphatic carbocycles. The molecule has 29 heavy (non-hydrogen) atoms. The van der Waals surface area contributed by atoms with Crippen LogP contribution in [0.4, 0.5) is 0 Å². The van der Waals surface area contributed by atoms with E-state index in [-0.39, 0.29) is 23.8 Å². The van der Waals surface area contributed by atoms with Gasteiger partial charge < -0.3 is 10.2 Å². The molecule has 2 aromatic rings. The van der Waals surface area contributed by atoms with Crippen molar-refractivity contribution in [3.05, 3.63) is 70.8 Å². The molecular weight excluding hydrogens is 360 g/mol. The van der Waals surface area contributed by atoms with Gasteiger partial charge >= 0.3 is 0 Å². The highest BCUT2D eigenvalue weighted by molar-refractivity contribution is 5.94. The molecule has 150 valence electrons. The van der Waals surface area contributed by atoms with E-state index >= 15 is 0 Å². The average molecular weight is 389 g/mol. The van der Waals surface area contributed by atoms with Crippen molar-refractivity contribution in [3.8, 4) is 0 Å². The quantitative estimate of drug-likeness (QED) is 0.872. The van der Waals surface area contributed by atoms with Crippen molar-refractivity contribution in [2.75, 3.05) is 13.1 Å². The molecule has 1 saturated heterocycles. The van der Waals surface area contributed by atoms with Crippen LogP contribution in [-0.4, -0.2) is 35.8 Å². The van der Waals surface area contributed by atoms with Crippen molar-refractivity contribution >= 4 is 11.8 Å². The SMILES string of the molecule is Cc1ccc(C(=O)N2CCCC(C(=O)NC3C4CCc5ccccc5C43)C2)cc1. The molecule has 2 fully saturated rings. The molecule has 0 radical (unpaired) electrons. The lowest BCUT2D eigenvalue weighted by molar-refractivity contribution is -0.126. The van der Waals surface area contributed by atoms with E-state index in [9.17, 15) is 9.59 Å². The van der Waals surface area contributed by atoms with Gasteiger partial charge in [0, 0.05) is 30.6 Å². The first kappa shape index (κ1) is 18.4. The van der Waals surface area contributed by atoms with Crippen LogP contribution in [0, 0.1) is 18.8 Å². The Hall–Kier alpha value is -2.62. The van der Waals surface area contributed by atoms with Crippen LogP contribution < -0.4 is 5.32 Å². The molecule has 1 aliphatic heterocycles. The number of carbonyl (C=O) groups is 2. The Morgan fingerprint density at radius 2 is 1.83 bits per heavy atom. The highest BCUT2D eigenvalue weighted by Crippen LogP contribution is 2.54. The minimum absolute atomic E-state index is 0.0384. The summed E-state index contributed by atoms with van der Waals surface area (Å²) >= 11 is 0. The summed E-state index contributed by atoms with van der Waals surface area (Å²) in [5, 5.41) is 3.34. The van der Waals surface area contributed by atoms with E-state index in [1.165, 1.54) is 11.1 Å². The first-order valence-electron chi connectivity index (χ1n) is 10.9. The van der Waals surface area contributed by atoms with Crippen LogP contribution in [0.2, 0.25) is 0 Å². The van der Waals surface area contributed by atoms with Crippen molar-refractivity contribution in [1.29, 1.82) is 0 Å². The Labute approximate surface area is 172 Å². The first-order chi connectivity index (χ1) is 14.1. The van der Waals surface area contributed by atoms with Crippen molar-refractivity contribution < 1.29 is 9.59 Å². The molecule has 5 rings (SSSR count). The van der Waals surface area contributed by atoms with E-state index in [4.69, 9.17) is 0 Å². The van der Waals surface area contributed by atoms with Crippen molar-refractivity contribution in [2.45, 2.75) is 44.6 Å². The minimum atomic E-state index is -0.101. The molecule has 4 atom stereocenters. The fourth-order valence-electron chi connectivity index (χ4n) is 5.30. The Morgan fingerprint density at radius 3 is 2.66 bits per heavy atom. The third-order valence-corrected chi connectivity index (χ3v) is 7.02. The molecule has 4 unspecified atom stereocenters.